The highest BCUT2D eigenvalue weighted by Gasteiger charge is 2.54. The van der Waals surface area contributed by atoms with Crippen molar-refractivity contribution in [2.24, 2.45) is 5.92 Å². The van der Waals surface area contributed by atoms with E-state index in [0.29, 0.717) is 5.56 Å². The first-order valence-electron chi connectivity index (χ1n) is 8.42. The summed E-state index contributed by atoms with van der Waals surface area (Å²) in [4.78, 5) is 49.2. The maximum absolute atomic E-state index is 12.6. The van der Waals surface area contributed by atoms with Gasteiger partial charge >= 0.3 is 5.97 Å². The van der Waals surface area contributed by atoms with Crippen molar-refractivity contribution in [3.8, 4) is 0 Å². The molecule has 1 fully saturated rings. The van der Waals surface area contributed by atoms with Crippen molar-refractivity contribution in [3.05, 3.63) is 48.2 Å². The summed E-state index contributed by atoms with van der Waals surface area (Å²) in [5.74, 6) is -2.96. The van der Waals surface area contributed by atoms with Crippen LogP contribution in [-0.4, -0.2) is 48.8 Å². The van der Waals surface area contributed by atoms with Gasteiger partial charge in [0, 0.05) is 25.0 Å². The Balaban J connectivity index is 1.71. The number of carboxylic acid groups (broad SMARTS) is 1. The third kappa shape index (κ3) is 3.76. The summed E-state index contributed by atoms with van der Waals surface area (Å²) in [5, 5.41) is 9.52. The summed E-state index contributed by atoms with van der Waals surface area (Å²) in [7, 11) is 0. The molecule has 0 bridgehead atoms. The monoisotopic (exact) mass is 369 g/mol. The van der Waals surface area contributed by atoms with Crippen LogP contribution < -0.4 is 5.73 Å². The molecule has 0 aromatic carbocycles. The Labute approximate surface area is 155 Å². The fourth-order valence-corrected chi connectivity index (χ4v) is 3.23. The van der Waals surface area contributed by atoms with E-state index in [4.69, 9.17) is 5.73 Å². The number of aliphatic carboxylic acids is 1. The minimum atomic E-state index is -1.20. The molecule has 140 valence electrons. The molecule has 2 aromatic rings. The number of imide groups is 1. The van der Waals surface area contributed by atoms with Gasteiger partial charge in [-0.05, 0) is 35.6 Å². The summed E-state index contributed by atoms with van der Waals surface area (Å²) in [5.41, 5.74) is 7.07. The molecule has 1 aliphatic rings. The number of carbonyl (C=O) groups is 3. The van der Waals surface area contributed by atoms with Crippen LogP contribution in [0.15, 0.2) is 37.1 Å². The minimum Gasteiger partial charge on any atom is -0.480 e. The van der Waals surface area contributed by atoms with Crippen LogP contribution in [0.1, 0.15) is 30.4 Å². The van der Waals surface area contributed by atoms with Crippen LogP contribution in [0, 0.1) is 5.92 Å². The van der Waals surface area contributed by atoms with Gasteiger partial charge in [-0.1, -0.05) is 6.92 Å². The van der Waals surface area contributed by atoms with Crippen molar-refractivity contribution in [2.45, 2.75) is 31.7 Å². The highest BCUT2D eigenvalue weighted by atomic mass is 16.4. The fraction of sp³-hybridized carbons (Fsp3) is 0.333. The van der Waals surface area contributed by atoms with E-state index in [1.54, 1.807) is 31.5 Å². The van der Waals surface area contributed by atoms with Crippen LogP contribution in [0.3, 0.4) is 0 Å². The number of carboxylic acids is 1. The Morgan fingerprint density at radius 3 is 2.67 bits per heavy atom. The maximum atomic E-state index is 12.6. The molecule has 2 amide bonds. The van der Waals surface area contributed by atoms with E-state index in [0.717, 1.165) is 10.5 Å². The molecule has 9 nitrogen and oxygen atoms in total. The van der Waals surface area contributed by atoms with E-state index in [-0.39, 0.29) is 24.6 Å². The molecule has 0 spiro atoms. The van der Waals surface area contributed by atoms with E-state index in [1.165, 1.54) is 12.5 Å². The van der Waals surface area contributed by atoms with Gasteiger partial charge in [-0.15, -0.1) is 0 Å². The quantitative estimate of drug-likeness (QED) is 0.707. The number of nitrogen functional groups attached to an aromatic ring is 1. The predicted molar refractivity (Wildman–Crippen MR) is 94.2 cm³/mol. The molecular formula is C18H19N5O4. The minimum absolute atomic E-state index is 0.00216. The number of β-lactam (4-membered cyclic amide) rings is 1. The molecule has 0 radical (unpaired) electrons. The molecular weight excluding hydrogens is 350 g/mol. The number of nitrogens with zero attached hydrogens (tertiary/aromatic N) is 4. The molecule has 0 unspecified atom stereocenters. The highest BCUT2D eigenvalue weighted by Crippen LogP contribution is 2.32. The number of rotatable bonds is 6. The standard InChI is InChI=1S/C18H19N5O4/c1-10(12-7-20-9-21-8-12)4-15(24)23-16(18(26)27)13(17(23)25)5-11-2-3-22-14(19)6-11/h2-3,6-10,13,16H,4-5H2,1H3,(H2,19,22)(H,26,27)/t10-,13+,16-/m0/s1. The second-order valence-electron chi connectivity index (χ2n) is 6.56. The normalized spacial score (nSPS) is 20.0. The molecule has 27 heavy (non-hydrogen) atoms. The van der Waals surface area contributed by atoms with Gasteiger partial charge in [-0.3, -0.25) is 14.5 Å². The molecule has 3 N–H and O–H groups in total. The molecule has 3 rings (SSSR count). The van der Waals surface area contributed by atoms with Gasteiger partial charge in [0.2, 0.25) is 11.8 Å². The molecule has 2 aromatic heterocycles. The predicted octanol–water partition coefficient (Wildman–Crippen LogP) is 0.628. The van der Waals surface area contributed by atoms with Crippen molar-refractivity contribution in [3.63, 3.8) is 0 Å². The first-order chi connectivity index (χ1) is 12.9. The van der Waals surface area contributed by atoms with Crippen molar-refractivity contribution >= 4 is 23.6 Å². The van der Waals surface area contributed by atoms with Crippen LogP contribution in [-0.2, 0) is 20.8 Å². The van der Waals surface area contributed by atoms with Gasteiger partial charge in [0.25, 0.3) is 0 Å². The second-order valence-corrected chi connectivity index (χ2v) is 6.56. The fourth-order valence-electron chi connectivity index (χ4n) is 3.23. The van der Waals surface area contributed by atoms with Crippen molar-refractivity contribution in [2.75, 3.05) is 5.73 Å². The summed E-state index contributed by atoms with van der Waals surface area (Å²) in [6.07, 6.45) is 6.25. The Morgan fingerprint density at radius 2 is 2.04 bits per heavy atom. The lowest BCUT2D eigenvalue weighted by atomic mass is 9.81. The summed E-state index contributed by atoms with van der Waals surface area (Å²) < 4.78 is 0. The number of nitrogens with two attached hydrogens (primary N) is 1. The zero-order chi connectivity index (χ0) is 19.6. The number of pyridine rings is 1. The van der Waals surface area contributed by atoms with Gasteiger partial charge in [-0.2, -0.15) is 0 Å². The van der Waals surface area contributed by atoms with Crippen molar-refractivity contribution in [1.82, 2.24) is 19.9 Å². The largest absolute Gasteiger partial charge is 0.480 e. The molecule has 1 aliphatic heterocycles. The average molecular weight is 369 g/mol. The van der Waals surface area contributed by atoms with Crippen molar-refractivity contribution in [1.29, 1.82) is 0 Å². The molecule has 0 saturated carbocycles. The Morgan fingerprint density at radius 1 is 1.33 bits per heavy atom. The first kappa shape index (κ1) is 18.4. The number of carbonyl (C=O) groups excluding carboxylic acids is 2. The summed E-state index contributed by atoms with van der Waals surface area (Å²) in [6.45, 7) is 1.80. The smallest absolute Gasteiger partial charge is 0.327 e. The van der Waals surface area contributed by atoms with Gasteiger partial charge in [0.15, 0.2) is 0 Å². The third-order valence-corrected chi connectivity index (χ3v) is 4.67. The third-order valence-electron chi connectivity index (χ3n) is 4.67. The highest BCUT2D eigenvalue weighted by molar-refractivity contribution is 6.08. The zero-order valence-corrected chi connectivity index (χ0v) is 14.6. The van der Waals surface area contributed by atoms with Crippen LogP contribution >= 0.6 is 0 Å². The van der Waals surface area contributed by atoms with E-state index in [2.05, 4.69) is 15.0 Å². The van der Waals surface area contributed by atoms with E-state index in [9.17, 15) is 19.5 Å². The van der Waals surface area contributed by atoms with Crippen LogP contribution in [0.5, 0.6) is 0 Å². The van der Waals surface area contributed by atoms with Crippen LogP contribution in [0.4, 0.5) is 5.82 Å². The van der Waals surface area contributed by atoms with Gasteiger partial charge in [-0.25, -0.2) is 19.7 Å². The lowest BCUT2D eigenvalue weighted by Crippen LogP contribution is -2.66. The van der Waals surface area contributed by atoms with Crippen LogP contribution in [0.2, 0.25) is 0 Å². The Bertz CT molecular complexity index is 873. The molecule has 0 aliphatic carbocycles. The number of amides is 2. The molecule has 3 atom stereocenters. The van der Waals surface area contributed by atoms with Gasteiger partial charge < -0.3 is 10.8 Å². The topological polar surface area (TPSA) is 139 Å². The summed E-state index contributed by atoms with van der Waals surface area (Å²) in [6, 6.07) is 2.08. The SMILES string of the molecule is C[C@@H](CC(=O)N1C(=O)[C@H](Cc2ccnc(N)c2)[C@H]1C(=O)O)c1cncnc1. The lowest BCUT2D eigenvalue weighted by Gasteiger charge is -2.43. The number of aromatic nitrogens is 3. The van der Waals surface area contributed by atoms with E-state index in [1.807, 2.05) is 0 Å². The van der Waals surface area contributed by atoms with Crippen LogP contribution in [0.25, 0.3) is 0 Å². The first-order valence-corrected chi connectivity index (χ1v) is 8.42. The van der Waals surface area contributed by atoms with E-state index >= 15 is 0 Å². The number of anilines is 1. The van der Waals surface area contributed by atoms with Gasteiger partial charge in [0.1, 0.15) is 18.2 Å². The number of likely N-dealkylation sites (tertiary alicyclic amines) is 1. The Kier molecular flexibility index (Phi) is 5.11. The zero-order valence-electron chi connectivity index (χ0n) is 14.6. The lowest BCUT2D eigenvalue weighted by molar-refractivity contribution is -0.177. The molecule has 1 saturated heterocycles. The Hall–Kier alpha value is -3.36. The molecule has 3 heterocycles. The summed E-state index contributed by atoms with van der Waals surface area (Å²) >= 11 is 0. The van der Waals surface area contributed by atoms with E-state index < -0.39 is 29.7 Å². The second kappa shape index (κ2) is 7.48. The van der Waals surface area contributed by atoms with Crippen molar-refractivity contribution < 1.29 is 19.5 Å². The average Bonchev–Trinajstić information content (AvgIpc) is 2.64. The number of hydrogen-bond acceptors (Lipinski definition) is 7. The van der Waals surface area contributed by atoms with Gasteiger partial charge in [0.05, 0.1) is 5.92 Å². The maximum Gasteiger partial charge on any atom is 0.327 e. The number of hydrogen-bond donors (Lipinski definition) is 2. The molecule has 9 heteroatoms.